The number of aromatic carboxylic acids is 1. The maximum atomic E-state index is 13.6. The molecule has 1 aromatic carbocycles. The van der Waals surface area contributed by atoms with Gasteiger partial charge in [0.15, 0.2) is 0 Å². The van der Waals surface area contributed by atoms with E-state index in [-0.39, 0.29) is 5.56 Å². The van der Waals surface area contributed by atoms with Gasteiger partial charge in [0.2, 0.25) is 0 Å². The molecule has 0 heterocycles. The van der Waals surface area contributed by atoms with E-state index in [1.165, 1.54) is 6.92 Å². The van der Waals surface area contributed by atoms with E-state index in [0.29, 0.717) is 6.07 Å². The molecular formula is C13H13F4NO4. The third-order valence-corrected chi connectivity index (χ3v) is 2.47. The Morgan fingerprint density at radius 2 is 2.00 bits per heavy atom. The Kier molecular flexibility index (Phi) is 5.86. The number of carbonyl (C=O) groups is 2. The summed E-state index contributed by atoms with van der Waals surface area (Å²) in [6, 6.07) is 1.93. The first kappa shape index (κ1) is 17.9. The zero-order valence-electron chi connectivity index (χ0n) is 11.4. The van der Waals surface area contributed by atoms with Gasteiger partial charge in [-0.1, -0.05) is 0 Å². The van der Waals surface area contributed by atoms with Crippen LogP contribution in [0.25, 0.3) is 0 Å². The monoisotopic (exact) mass is 323 g/mol. The number of hydrogen-bond donors (Lipinski definition) is 2. The molecule has 0 aliphatic carbocycles. The fraction of sp³-hybridized carbons (Fsp3) is 0.385. The van der Waals surface area contributed by atoms with Crippen molar-refractivity contribution in [3.8, 4) is 0 Å². The number of carboxylic acids is 1. The summed E-state index contributed by atoms with van der Waals surface area (Å²) in [6.45, 7) is -0.466. The molecule has 22 heavy (non-hydrogen) atoms. The van der Waals surface area contributed by atoms with Crippen LogP contribution < -0.4 is 5.32 Å². The maximum absolute atomic E-state index is 13.6. The van der Waals surface area contributed by atoms with E-state index in [0.717, 1.165) is 12.1 Å². The number of benzene rings is 1. The van der Waals surface area contributed by atoms with Crippen LogP contribution in [0, 0.1) is 5.82 Å². The lowest BCUT2D eigenvalue weighted by Gasteiger charge is -2.15. The second-order valence-electron chi connectivity index (χ2n) is 4.50. The minimum atomic E-state index is -4.47. The molecule has 0 aliphatic heterocycles. The predicted octanol–water partition coefficient (Wildman–Crippen LogP) is 2.22. The molecule has 0 radical (unpaired) electrons. The average molecular weight is 323 g/mol. The van der Waals surface area contributed by atoms with Crippen molar-refractivity contribution in [1.82, 2.24) is 5.32 Å². The standard InChI is InChI=1S/C13H13F4NO4/c1-7(5-22-6-13(15,16)17)18-11(19)9-3-2-8(12(20)21)4-10(9)14/h2-4,7H,5-6H2,1H3,(H,18,19)(H,20,21). The van der Waals surface area contributed by atoms with E-state index >= 15 is 0 Å². The van der Waals surface area contributed by atoms with Crippen LogP contribution in [-0.4, -0.2) is 42.4 Å². The molecular weight excluding hydrogens is 310 g/mol. The molecule has 0 fully saturated rings. The van der Waals surface area contributed by atoms with E-state index < -0.39 is 48.7 Å². The predicted molar refractivity (Wildman–Crippen MR) is 67.2 cm³/mol. The lowest BCUT2D eigenvalue weighted by Crippen LogP contribution is -2.37. The molecule has 0 saturated heterocycles. The van der Waals surface area contributed by atoms with Crippen molar-refractivity contribution in [1.29, 1.82) is 0 Å². The van der Waals surface area contributed by atoms with Crippen LogP contribution in [0.2, 0.25) is 0 Å². The van der Waals surface area contributed by atoms with E-state index in [2.05, 4.69) is 10.1 Å². The normalized spacial score (nSPS) is 12.8. The Morgan fingerprint density at radius 1 is 1.36 bits per heavy atom. The Morgan fingerprint density at radius 3 is 2.50 bits per heavy atom. The van der Waals surface area contributed by atoms with Gasteiger partial charge in [-0.3, -0.25) is 4.79 Å². The van der Waals surface area contributed by atoms with Crippen molar-refractivity contribution < 1.29 is 37.0 Å². The zero-order valence-corrected chi connectivity index (χ0v) is 11.4. The zero-order chi connectivity index (χ0) is 16.9. The molecule has 5 nitrogen and oxygen atoms in total. The highest BCUT2D eigenvalue weighted by Gasteiger charge is 2.27. The van der Waals surface area contributed by atoms with Crippen LogP contribution in [0.15, 0.2) is 18.2 Å². The van der Waals surface area contributed by atoms with E-state index in [1.54, 1.807) is 0 Å². The Bertz CT molecular complexity index is 559. The first-order valence-corrected chi connectivity index (χ1v) is 6.08. The quantitative estimate of drug-likeness (QED) is 0.787. The van der Waals surface area contributed by atoms with Crippen molar-refractivity contribution in [2.24, 2.45) is 0 Å². The summed E-state index contributed by atoms with van der Waals surface area (Å²) in [5.41, 5.74) is -0.733. The van der Waals surface area contributed by atoms with Crippen molar-refractivity contribution in [3.63, 3.8) is 0 Å². The van der Waals surface area contributed by atoms with Gasteiger partial charge in [0.05, 0.1) is 17.7 Å². The number of carbonyl (C=O) groups excluding carboxylic acids is 1. The number of hydrogen-bond acceptors (Lipinski definition) is 3. The highest BCUT2D eigenvalue weighted by molar-refractivity contribution is 5.96. The van der Waals surface area contributed by atoms with Crippen LogP contribution in [0.5, 0.6) is 0 Å². The number of halogens is 4. The van der Waals surface area contributed by atoms with Gasteiger partial charge >= 0.3 is 12.1 Å². The second kappa shape index (κ2) is 7.21. The minimum Gasteiger partial charge on any atom is -0.478 e. The molecule has 1 aromatic rings. The van der Waals surface area contributed by atoms with Gasteiger partial charge in [-0.2, -0.15) is 13.2 Å². The summed E-state index contributed by atoms with van der Waals surface area (Å²) in [6.07, 6.45) is -4.47. The number of carboxylic acid groups (broad SMARTS) is 1. The van der Waals surface area contributed by atoms with Gasteiger partial charge in [-0.15, -0.1) is 0 Å². The summed E-state index contributed by atoms with van der Waals surface area (Å²) in [5, 5.41) is 10.9. The molecule has 1 rings (SSSR count). The van der Waals surface area contributed by atoms with Crippen LogP contribution in [0.1, 0.15) is 27.6 Å². The lowest BCUT2D eigenvalue weighted by atomic mass is 10.1. The van der Waals surface area contributed by atoms with Gasteiger partial charge < -0.3 is 15.2 Å². The Hall–Kier alpha value is -2.16. The number of amides is 1. The molecule has 1 atom stereocenters. The Balaban J connectivity index is 2.60. The largest absolute Gasteiger partial charge is 0.478 e. The van der Waals surface area contributed by atoms with Gasteiger partial charge in [-0.25, -0.2) is 9.18 Å². The van der Waals surface area contributed by atoms with Crippen LogP contribution >= 0.6 is 0 Å². The summed E-state index contributed by atoms with van der Waals surface area (Å²) in [5.74, 6) is -3.27. The summed E-state index contributed by atoms with van der Waals surface area (Å²) >= 11 is 0. The van der Waals surface area contributed by atoms with Gasteiger partial charge in [-0.05, 0) is 25.1 Å². The first-order chi connectivity index (χ1) is 10.1. The second-order valence-corrected chi connectivity index (χ2v) is 4.50. The fourth-order valence-electron chi connectivity index (χ4n) is 1.53. The van der Waals surface area contributed by atoms with Crippen molar-refractivity contribution in [3.05, 3.63) is 35.1 Å². The molecule has 0 bridgehead atoms. The molecule has 9 heteroatoms. The van der Waals surface area contributed by atoms with Crippen molar-refractivity contribution in [2.75, 3.05) is 13.2 Å². The molecule has 0 spiro atoms. The number of nitrogens with one attached hydrogen (secondary N) is 1. The molecule has 1 amide bonds. The Labute approximate surface area is 122 Å². The topological polar surface area (TPSA) is 75.6 Å². The lowest BCUT2D eigenvalue weighted by molar-refractivity contribution is -0.174. The average Bonchev–Trinajstić information content (AvgIpc) is 2.36. The molecule has 2 N–H and O–H groups in total. The van der Waals surface area contributed by atoms with Gasteiger partial charge in [0, 0.05) is 6.04 Å². The van der Waals surface area contributed by atoms with E-state index in [9.17, 15) is 27.2 Å². The summed E-state index contributed by atoms with van der Waals surface area (Å²) in [7, 11) is 0. The van der Waals surface area contributed by atoms with E-state index in [1.807, 2.05) is 0 Å². The number of ether oxygens (including phenoxy) is 1. The van der Waals surface area contributed by atoms with Gasteiger partial charge in [0.1, 0.15) is 12.4 Å². The van der Waals surface area contributed by atoms with Gasteiger partial charge in [0.25, 0.3) is 5.91 Å². The van der Waals surface area contributed by atoms with Crippen LogP contribution in [0.3, 0.4) is 0 Å². The molecule has 0 aromatic heterocycles. The maximum Gasteiger partial charge on any atom is 0.411 e. The van der Waals surface area contributed by atoms with Crippen LogP contribution in [-0.2, 0) is 4.74 Å². The highest BCUT2D eigenvalue weighted by atomic mass is 19.4. The molecule has 0 saturated carbocycles. The molecule has 1 unspecified atom stereocenters. The fourth-order valence-corrected chi connectivity index (χ4v) is 1.53. The molecule has 0 aliphatic rings. The van der Waals surface area contributed by atoms with Crippen molar-refractivity contribution in [2.45, 2.75) is 19.1 Å². The molecule has 122 valence electrons. The smallest absolute Gasteiger partial charge is 0.411 e. The first-order valence-electron chi connectivity index (χ1n) is 6.08. The third kappa shape index (κ3) is 5.68. The number of rotatable bonds is 6. The summed E-state index contributed by atoms with van der Waals surface area (Å²) < 4.78 is 53.6. The SMILES string of the molecule is CC(COCC(F)(F)F)NC(=O)c1ccc(C(=O)O)cc1F. The van der Waals surface area contributed by atoms with Crippen LogP contribution in [0.4, 0.5) is 17.6 Å². The minimum absolute atomic E-state index is 0.324. The third-order valence-electron chi connectivity index (χ3n) is 2.47. The van der Waals surface area contributed by atoms with E-state index in [4.69, 9.17) is 5.11 Å². The summed E-state index contributed by atoms with van der Waals surface area (Å²) in [4.78, 5) is 22.4. The highest BCUT2D eigenvalue weighted by Crippen LogP contribution is 2.14. The van der Waals surface area contributed by atoms with Crippen molar-refractivity contribution >= 4 is 11.9 Å². The number of alkyl halides is 3.